The number of carbonyl (C=O) groups excluding carboxylic acids is 2. The van der Waals surface area contributed by atoms with Crippen LogP contribution in [0.4, 0.5) is 0 Å². The van der Waals surface area contributed by atoms with Gasteiger partial charge >= 0.3 is 0 Å². The molecular weight excluding hydrogens is 388 g/mol. The number of hydrogen-bond acceptors (Lipinski definition) is 5. The molecule has 1 aromatic heterocycles. The number of hydrogen-bond donors (Lipinski definition) is 1. The van der Waals surface area contributed by atoms with Gasteiger partial charge in [-0.3, -0.25) is 9.59 Å². The van der Waals surface area contributed by atoms with Crippen LogP contribution in [0.25, 0.3) is 10.4 Å². The zero-order valence-corrected chi connectivity index (χ0v) is 17.3. The van der Waals surface area contributed by atoms with Gasteiger partial charge in [0.1, 0.15) is 13.2 Å². The molecule has 2 aromatic rings. The molecule has 0 atom stereocenters. The fraction of sp³-hybridized carbons (Fsp3) is 0.455. The standard InChI is InChI=1S/C22H26N2O4S/c25-21-5-2-1-3-11-24(21)12-4-10-23-22(26)20-9-8-19(29-20)16-6-7-17-18(15-16)28-14-13-27-17/h6-9,15H,1-5,10-14H2,(H,23,26). The van der Waals surface area contributed by atoms with E-state index >= 15 is 0 Å². The number of benzene rings is 1. The van der Waals surface area contributed by atoms with Gasteiger partial charge in [0.25, 0.3) is 5.91 Å². The maximum atomic E-state index is 12.5. The lowest BCUT2D eigenvalue weighted by atomic mass is 10.1. The molecule has 2 aliphatic rings. The largest absolute Gasteiger partial charge is 0.486 e. The van der Waals surface area contributed by atoms with Crippen LogP contribution in [0.1, 0.15) is 41.8 Å². The van der Waals surface area contributed by atoms with Crippen molar-refractivity contribution < 1.29 is 19.1 Å². The molecule has 1 fully saturated rings. The van der Waals surface area contributed by atoms with Gasteiger partial charge in [-0.05, 0) is 55.2 Å². The number of thiophene rings is 1. The second kappa shape index (κ2) is 9.31. The second-order valence-electron chi connectivity index (χ2n) is 7.32. The number of rotatable bonds is 6. The molecule has 7 heteroatoms. The zero-order valence-electron chi connectivity index (χ0n) is 16.4. The summed E-state index contributed by atoms with van der Waals surface area (Å²) in [5.41, 5.74) is 1.01. The van der Waals surface area contributed by atoms with Crippen molar-refractivity contribution in [3.63, 3.8) is 0 Å². The smallest absolute Gasteiger partial charge is 0.261 e. The summed E-state index contributed by atoms with van der Waals surface area (Å²) in [6.45, 7) is 3.25. The molecule has 3 heterocycles. The van der Waals surface area contributed by atoms with E-state index in [1.165, 1.54) is 11.3 Å². The molecule has 1 N–H and O–H groups in total. The first-order valence-electron chi connectivity index (χ1n) is 10.3. The molecule has 1 aromatic carbocycles. The summed E-state index contributed by atoms with van der Waals surface area (Å²) in [4.78, 5) is 28.1. The Kier molecular flexibility index (Phi) is 6.34. The van der Waals surface area contributed by atoms with Gasteiger partial charge in [-0.25, -0.2) is 0 Å². The highest BCUT2D eigenvalue weighted by atomic mass is 32.1. The van der Waals surface area contributed by atoms with E-state index < -0.39 is 0 Å². The third-order valence-electron chi connectivity index (χ3n) is 5.22. The van der Waals surface area contributed by atoms with Crippen LogP contribution in [0, 0.1) is 0 Å². The number of ether oxygens (including phenoxy) is 2. The van der Waals surface area contributed by atoms with E-state index in [0.29, 0.717) is 37.6 Å². The van der Waals surface area contributed by atoms with E-state index in [4.69, 9.17) is 9.47 Å². The molecule has 0 bridgehead atoms. The summed E-state index contributed by atoms with van der Waals surface area (Å²) >= 11 is 1.46. The van der Waals surface area contributed by atoms with Gasteiger partial charge in [-0.1, -0.05) is 6.42 Å². The number of nitrogens with one attached hydrogen (secondary N) is 1. The summed E-state index contributed by atoms with van der Waals surface area (Å²) in [6.07, 6.45) is 4.64. The molecule has 2 amide bonds. The average Bonchev–Trinajstić information content (AvgIpc) is 3.16. The monoisotopic (exact) mass is 414 g/mol. The van der Waals surface area contributed by atoms with E-state index in [1.807, 2.05) is 35.2 Å². The fourth-order valence-electron chi connectivity index (χ4n) is 3.65. The highest BCUT2D eigenvalue weighted by Crippen LogP contribution is 2.36. The van der Waals surface area contributed by atoms with E-state index in [-0.39, 0.29) is 11.8 Å². The molecule has 6 nitrogen and oxygen atoms in total. The maximum Gasteiger partial charge on any atom is 0.261 e. The van der Waals surface area contributed by atoms with Crippen LogP contribution in [-0.4, -0.2) is 49.6 Å². The topological polar surface area (TPSA) is 67.9 Å². The Morgan fingerprint density at radius 3 is 2.83 bits per heavy atom. The van der Waals surface area contributed by atoms with E-state index in [1.54, 1.807) is 0 Å². The van der Waals surface area contributed by atoms with Gasteiger partial charge in [0.05, 0.1) is 4.88 Å². The van der Waals surface area contributed by atoms with Crippen molar-refractivity contribution >= 4 is 23.2 Å². The minimum atomic E-state index is -0.0685. The summed E-state index contributed by atoms with van der Waals surface area (Å²) < 4.78 is 11.2. The summed E-state index contributed by atoms with van der Waals surface area (Å²) in [7, 11) is 0. The van der Waals surface area contributed by atoms with Crippen molar-refractivity contribution in [2.24, 2.45) is 0 Å². The van der Waals surface area contributed by atoms with Crippen molar-refractivity contribution in [1.82, 2.24) is 10.2 Å². The van der Waals surface area contributed by atoms with Crippen molar-refractivity contribution in [3.8, 4) is 21.9 Å². The lowest BCUT2D eigenvalue weighted by Crippen LogP contribution is -2.33. The summed E-state index contributed by atoms with van der Waals surface area (Å²) in [6, 6.07) is 9.66. The zero-order chi connectivity index (χ0) is 20.1. The Morgan fingerprint density at radius 1 is 1.07 bits per heavy atom. The highest BCUT2D eigenvalue weighted by molar-refractivity contribution is 7.17. The molecule has 4 rings (SSSR count). The first-order chi connectivity index (χ1) is 14.2. The Hall–Kier alpha value is -2.54. The van der Waals surface area contributed by atoms with Gasteiger partial charge in [-0.2, -0.15) is 0 Å². The van der Waals surface area contributed by atoms with Crippen LogP contribution >= 0.6 is 11.3 Å². The number of likely N-dealkylation sites (tertiary alicyclic amines) is 1. The second-order valence-corrected chi connectivity index (χ2v) is 8.41. The molecule has 0 saturated carbocycles. The number of carbonyl (C=O) groups is 2. The van der Waals surface area contributed by atoms with Gasteiger partial charge in [0.2, 0.25) is 5.91 Å². The average molecular weight is 415 g/mol. The molecular formula is C22H26N2O4S. The predicted octanol–water partition coefficient (Wildman–Crippen LogP) is 3.71. The summed E-state index contributed by atoms with van der Waals surface area (Å²) in [5, 5.41) is 2.97. The molecule has 2 aliphatic heterocycles. The molecule has 0 spiro atoms. The van der Waals surface area contributed by atoms with Gasteiger partial charge in [0.15, 0.2) is 11.5 Å². The van der Waals surface area contributed by atoms with Crippen LogP contribution in [0.5, 0.6) is 11.5 Å². The Labute approximate surface area is 174 Å². The molecule has 1 saturated heterocycles. The fourth-order valence-corrected chi connectivity index (χ4v) is 4.56. The Morgan fingerprint density at radius 2 is 1.93 bits per heavy atom. The normalized spacial score (nSPS) is 16.4. The molecule has 0 unspecified atom stereocenters. The van der Waals surface area contributed by atoms with Gasteiger partial charge in [0, 0.05) is 30.9 Å². The quantitative estimate of drug-likeness (QED) is 0.732. The van der Waals surface area contributed by atoms with Crippen LogP contribution in [0.2, 0.25) is 0 Å². The van der Waals surface area contributed by atoms with Crippen LogP contribution in [0.15, 0.2) is 30.3 Å². The van der Waals surface area contributed by atoms with Crippen molar-refractivity contribution in [2.45, 2.75) is 32.1 Å². The van der Waals surface area contributed by atoms with E-state index in [2.05, 4.69) is 5.32 Å². The third-order valence-corrected chi connectivity index (χ3v) is 6.35. The lowest BCUT2D eigenvalue weighted by Gasteiger charge is -2.20. The molecule has 29 heavy (non-hydrogen) atoms. The van der Waals surface area contributed by atoms with Crippen molar-refractivity contribution in [3.05, 3.63) is 35.2 Å². The molecule has 0 aliphatic carbocycles. The maximum absolute atomic E-state index is 12.5. The van der Waals surface area contributed by atoms with E-state index in [9.17, 15) is 9.59 Å². The van der Waals surface area contributed by atoms with E-state index in [0.717, 1.165) is 54.2 Å². The minimum absolute atomic E-state index is 0.0685. The number of amides is 2. The Bertz CT molecular complexity index is 879. The van der Waals surface area contributed by atoms with Crippen LogP contribution in [0.3, 0.4) is 0 Å². The first kappa shape index (κ1) is 19.8. The van der Waals surface area contributed by atoms with Crippen molar-refractivity contribution in [1.29, 1.82) is 0 Å². The number of fused-ring (bicyclic) bond motifs is 1. The SMILES string of the molecule is O=C(NCCCN1CCCCCC1=O)c1ccc(-c2ccc3c(c2)OCCO3)s1. The van der Waals surface area contributed by atoms with Crippen molar-refractivity contribution in [2.75, 3.05) is 32.8 Å². The minimum Gasteiger partial charge on any atom is -0.486 e. The third kappa shape index (κ3) is 4.90. The summed E-state index contributed by atoms with van der Waals surface area (Å²) in [5.74, 6) is 1.69. The van der Waals surface area contributed by atoms with Gasteiger partial charge < -0.3 is 19.7 Å². The molecule has 0 radical (unpaired) electrons. The number of nitrogens with zero attached hydrogens (tertiary/aromatic N) is 1. The first-order valence-corrected chi connectivity index (χ1v) is 11.1. The molecule has 154 valence electrons. The van der Waals surface area contributed by atoms with Gasteiger partial charge in [-0.15, -0.1) is 11.3 Å². The van der Waals surface area contributed by atoms with Crippen LogP contribution < -0.4 is 14.8 Å². The highest BCUT2D eigenvalue weighted by Gasteiger charge is 2.17. The Balaban J connectivity index is 1.29. The van der Waals surface area contributed by atoms with Crippen LogP contribution in [-0.2, 0) is 4.79 Å². The predicted molar refractivity (Wildman–Crippen MR) is 113 cm³/mol. The lowest BCUT2D eigenvalue weighted by molar-refractivity contribution is -0.130.